The van der Waals surface area contributed by atoms with E-state index in [-0.39, 0.29) is 18.4 Å². The Morgan fingerprint density at radius 3 is 2.65 bits per heavy atom. The summed E-state index contributed by atoms with van der Waals surface area (Å²) < 4.78 is 39.4. The highest BCUT2D eigenvalue weighted by atomic mass is 79.9. The Bertz CT molecular complexity index is 454. The van der Waals surface area contributed by atoms with Gasteiger partial charge in [0.1, 0.15) is 0 Å². The number of hydrogen-bond acceptors (Lipinski definition) is 2. The van der Waals surface area contributed by atoms with Crippen LogP contribution in [-0.4, -0.2) is 24.0 Å². The lowest BCUT2D eigenvalue weighted by Crippen LogP contribution is -2.42. The van der Waals surface area contributed by atoms with Crippen LogP contribution in [0.3, 0.4) is 0 Å². The molecule has 7 heteroatoms. The van der Waals surface area contributed by atoms with Crippen LogP contribution >= 0.6 is 28.3 Å². The first-order valence-corrected chi connectivity index (χ1v) is 6.99. The van der Waals surface area contributed by atoms with Crippen LogP contribution in [0.1, 0.15) is 24.0 Å². The van der Waals surface area contributed by atoms with E-state index in [0.717, 1.165) is 25.5 Å². The molecule has 0 amide bonds. The molecule has 1 saturated heterocycles. The minimum atomic E-state index is -4.32. The molecule has 0 saturated carbocycles. The van der Waals surface area contributed by atoms with E-state index >= 15 is 0 Å². The fraction of sp³-hybridized carbons (Fsp3) is 0.538. The lowest BCUT2D eigenvalue weighted by molar-refractivity contribution is -0.138. The summed E-state index contributed by atoms with van der Waals surface area (Å²) in [5.74, 6) is 0. The first-order valence-electron chi connectivity index (χ1n) is 6.20. The molecule has 1 unspecified atom stereocenters. The van der Waals surface area contributed by atoms with Crippen molar-refractivity contribution < 1.29 is 13.2 Å². The summed E-state index contributed by atoms with van der Waals surface area (Å²) in [6.07, 6.45) is -2.43. The number of nitrogens with zero attached hydrogens (tertiary/aromatic N) is 1. The summed E-state index contributed by atoms with van der Waals surface area (Å²) in [7, 11) is 0. The molecular formula is C13H17BrClF3N2. The standard InChI is InChI=1S/C13H16BrF3N2.ClH/c14-10-4-3-9(12(6-10)13(15,16)17)7-19-5-1-2-11(18)8-19;/h3-4,6,11H,1-2,5,7-8,18H2;1H. The van der Waals surface area contributed by atoms with Crippen LogP contribution in [-0.2, 0) is 12.7 Å². The predicted octanol–water partition coefficient (Wildman–Crippen LogP) is 3.81. The Morgan fingerprint density at radius 2 is 2.05 bits per heavy atom. The molecule has 1 fully saturated rings. The fourth-order valence-corrected chi connectivity index (χ4v) is 2.79. The Morgan fingerprint density at radius 1 is 1.35 bits per heavy atom. The molecule has 0 aliphatic carbocycles. The molecule has 0 radical (unpaired) electrons. The average Bonchev–Trinajstić information content (AvgIpc) is 2.30. The lowest BCUT2D eigenvalue weighted by Gasteiger charge is -2.31. The maximum atomic E-state index is 13.0. The first kappa shape index (κ1) is 17.8. The zero-order valence-corrected chi connectivity index (χ0v) is 13.2. The molecule has 0 bridgehead atoms. The molecule has 0 spiro atoms. The zero-order chi connectivity index (χ0) is 14.0. The summed E-state index contributed by atoms with van der Waals surface area (Å²) in [5, 5.41) is 0. The van der Waals surface area contributed by atoms with Crippen molar-refractivity contribution in [1.29, 1.82) is 0 Å². The van der Waals surface area contributed by atoms with Crippen LogP contribution < -0.4 is 5.73 Å². The van der Waals surface area contributed by atoms with Gasteiger partial charge in [-0.1, -0.05) is 22.0 Å². The van der Waals surface area contributed by atoms with Gasteiger partial charge in [-0.15, -0.1) is 12.4 Å². The van der Waals surface area contributed by atoms with Gasteiger partial charge in [-0.3, -0.25) is 4.90 Å². The Labute approximate surface area is 131 Å². The van der Waals surface area contributed by atoms with Gasteiger partial charge in [0.15, 0.2) is 0 Å². The minimum Gasteiger partial charge on any atom is -0.327 e. The van der Waals surface area contributed by atoms with Crippen molar-refractivity contribution in [2.45, 2.75) is 31.6 Å². The van der Waals surface area contributed by atoms with Crippen LogP contribution in [0.15, 0.2) is 22.7 Å². The third kappa shape index (κ3) is 4.62. The van der Waals surface area contributed by atoms with E-state index in [0.29, 0.717) is 23.1 Å². The topological polar surface area (TPSA) is 29.3 Å². The molecule has 114 valence electrons. The number of alkyl halides is 3. The number of piperidine rings is 1. The van der Waals surface area contributed by atoms with Gasteiger partial charge in [0.2, 0.25) is 0 Å². The SMILES string of the molecule is Cl.NC1CCCN(Cc2ccc(Br)cc2C(F)(F)F)C1. The van der Waals surface area contributed by atoms with Crippen LogP contribution in [0.4, 0.5) is 13.2 Å². The molecule has 1 heterocycles. The number of hydrogen-bond donors (Lipinski definition) is 1. The molecule has 0 aromatic heterocycles. The summed E-state index contributed by atoms with van der Waals surface area (Å²) in [6.45, 7) is 1.77. The number of nitrogens with two attached hydrogens (primary N) is 1. The third-order valence-electron chi connectivity index (χ3n) is 3.31. The van der Waals surface area contributed by atoms with Gasteiger partial charge in [-0.2, -0.15) is 13.2 Å². The molecular weight excluding hydrogens is 357 g/mol. The molecule has 20 heavy (non-hydrogen) atoms. The average molecular weight is 374 g/mol. The van der Waals surface area contributed by atoms with E-state index in [1.807, 2.05) is 4.90 Å². The molecule has 1 aliphatic rings. The molecule has 1 atom stereocenters. The van der Waals surface area contributed by atoms with Gasteiger partial charge in [-0.05, 0) is 37.1 Å². The van der Waals surface area contributed by atoms with E-state index in [2.05, 4.69) is 15.9 Å². The normalized spacial score (nSPS) is 20.6. The highest BCUT2D eigenvalue weighted by Gasteiger charge is 2.34. The van der Waals surface area contributed by atoms with Crippen molar-refractivity contribution in [3.05, 3.63) is 33.8 Å². The monoisotopic (exact) mass is 372 g/mol. The highest BCUT2D eigenvalue weighted by molar-refractivity contribution is 9.10. The summed E-state index contributed by atoms with van der Waals surface area (Å²) >= 11 is 3.09. The summed E-state index contributed by atoms with van der Waals surface area (Å²) in [5.41, 5.74) is 5.60. The van der Waals surface area contributed by atoms with Gasteiger partial charge in [0, 0.05) is 23.6 Å². The summed E-state index contributed by atoms with van der Waals surface area (Å²) in [4.78, 5) is 1.99. The Kier molecular flexibility index (Phi) is 6.31. The first-order chi connectivity index (χ1) is 8.86. The molecule has 2 N–H and O–H groups in total. The fourth-order valence-electron chi connectivity index (χ4n) is 2.43. The van der Waals surface area contributed by atoms with E-state index < -0.39 is 11.7 Å². The maximum Gasteiger partial charge on any atom is 0.416 e. The number of likely N-dealkylation sites (tertiary alicyclic amines) is 1. The largest absolute Gasteiger partial charge is 0.416 e. The molecule has 1 aliphatic heterocycles. The van der Waals surface area contributed by atoms with Gasteiger partial charge >= 0.3 is 6.18 Å². The van der Waals surface area contributed by atoms with Crippen LogP contribution in [0, 0.1) is 0 Å². The van der Waals surface area contributed by atoms with Crippen LogP contribution in [0.5, 0.6) is 0 Å². The van der Waals surface area contributed by atoms with Crippen molar-refractivity contribution in [2.75, 3.05) is 13.1 Å². The lowest BCUT2D eigenvalue weighted by atomic mass is 10.0. The minimum absolute atomic E-state index is 0. The highest BCUT2D eigenvalue weighted by Crippen LogP contribution is 2.34. The van der Waals surface area contributed by atoms with Gasteiger partial charge < -0.3 is 5.73 Å². The number of halogens is 5. The smallest absolute Gasteiger partial charge is 0.327 e. The van der Waals surface area contributed by atoms with Crippen LogP contribution in [0.2, 0.25) is 0 Å². The van der Waals surface area contributed by atoms with Crippen molar-refractivity contribution in [3.63, 3.8) is 0 Å². The predicted molar refractivity (Wildman–Crippen MR) is 78.9 cm³/mol. The maximum absolute atomic E-state index is 13.0. The van der Waals surface area contributed by atoms with Gasteiger partial charge in [0.25, 0.3) is 0 Å². The van der Waals surface area contributed by atoms with E-state index in [1.165, 1.54) is 6.07 Å². The number of benzene rings is 1. The van der Waals surface area contributed by atoms with Crippen molar-refractivity contribution >= 4 is 28.3 Å². The second-order valence-electron chi connectivity index (χ2n) is 4.94. The molecule has 2 nitrogen and oxygen atoms in total. The quantitative estimate of drug-likeness (QED) is 0.854. The van der Waals surface area contributed by atoms with Gasteiger partial charge in [-0.25, -0.2) is 0 Å². The van der Waals surface area contributed by atoms with Crippen molar-refractivity contribution in [2.24, 2.45) is 5.73 Å². The van der Waals surface area contributed by atoms with Crippen molar-refractivity contribution in [1.82, 2.24) is 4.90 Å². The molecule has 1 aromatic carbocycles. The summed E-state index contributed by atoms with van der Waals surface area (Å²) in [6, 6.07) is 4.39. The zero-order valence-electron chi connectivity index (χ0n) is 10.8. The third-order valence-corrected chi connectivity index (χ3v) is 3.81. The van der Waals surface area contributed by atoms with Gasteiger partial charge in [0.05, 0.1) is 5.56 Å². The van der Waals surface area contributed by atoms with E-state index in [9.17, 15) is 13.2 Å². The second-order valence-corrected chi connectivity index (χ2v) is 5.85. The Balaban J connectivity index is 0.00000200. The number of rotatable bonds is 2. The van der Waals surface area contributed by atoms with E-state index in [4.69, 9.17) is 5.73 Å². The Hall–Kier alpha value is -0.300. The second kappa shape index (κ2) is 7.11. The van der Waals surface area contributed by atoms with E-state index in [1.54, 1.807) is 6.07 Å². The van der Waals surface area contributed by atoms with Crippen molar-refractivity contribution in [3.8, 4) is 0 Å². The molecule has 1 aromatic rings. The van der Waals surface area contributed by atoms with Crippen LogP contribution in [0.25, 0.3) is 0 Å². The molecule has 2 rings (SSSR count).